The number of amides is 1. The second-order valence-electron chi connectivity index (χ2n) is 4.98. The predicted octanol–water partition coefficient (Wildman–Crippen LogP) is -0.670. The average molecular weight is 294 g/mol. The van der Waals surface area contributed by atoms with Crippen LogP contribution >= 0.6 is 0 Å². The van der Waals surface area contributed by atoms with E-state index in [0.717, 1.165) is 25.9 Å². The SMILES string of the molecule is CNC(=O)CN(C)c1nc(NN)nc(N2CCCCC2)n1. The maximum Gasteiger partial charge on any atom is 0.243 e. The molecule has 1 aliphatic heterocycles. The van der Waals surface area contributed by atoms with Crippen molar-refractivity contribution in [3.63, 3.8) is 0 Å². The number of nitrogens with zero attached hydrogens (tertiary/aromatic N) is 5. The summed E-state index contributed by atoms with van der Waals surface area (Å²) in [5.74, 6) is 6.62. The highest BCUT2D eigenvalue weighted by atomic mass is 16.1. The van der Waals surface area contributed by atoms with Crippen molar-refractivity contribution in [3.05, 3.63) is 0 Å². The Morgan fingerprint density at radius 3 is 2.62 bits per heavy atom. The summed E-state index contributed by atoms with van der Waals surface area (Å²) in [4.78, 5) is 28.2. The molecule has 9 nitrogen and oxygen atoms in total. The van der Waals surface area contributed by atoms with Gasteiger partial charge in [-0.05, 0) is 19.3 Å². The van der Waals surface area contributed by atoms with Crippen LogP contribution in [0.2, 0.25) is 0 Å². The fourth-order valence-electron chi connectivity index (χ4n) is 2.19. The fourth-order valence-corrected chi connectivity index (χ4v) is 2.19. The molecule has 0 bridgehead atoms. The van der Waals surface area contributed by atoms with Crippen LogP contribution in [0.1, 0.15) is 19.3 Å². The van der Waals surface area contributed by atoms with Gasteiger partial charge in [-0.3, -0.25) is 10.2 Å². The quantitative estimate of drug-likeness (QED) is 0.484. The summed E-state index contributed by atoms with van der Waals surface area (Å²) in [6.45, 7) is 2.02. The summed E-state index contributed by atoms with van der Waals surface area (Å²) in [6, 6.07) is 0. The molecule has 2 rings (SSSR count). The molecule has 0 atom stereocenters. The number of anilines is 3. The van der Waals surface area contributed by atoms with E-state index in [9.17, 15) is 4.79 Å². The van der Waals surface area contributed by atoms with Gasteiger partial charge in [0.15, 0.2) is 0 Å². The van der Waals surface area contributed by atoms with Gasteiger partial charge < -0.3 is 15.1 Å². The molecule has 9 heteroatoms. The molecule has 1 amide bonds. The first-order valence-corrected chi connectivity index (χ1v) is 7.03. The van der Waals surface area contributed by atoms with E-state index in [4.69, 9.17) is 5.84 Å². The van der Waals surface area contributed by atoms with Crippen LogP contribution in [0.15, 0.2) is 0 Å². The van der Waals surface area contributed by atoms with E-state index in [0.29, 0.717) is 17.8 Å². The third-order valence-corrected chi connectivity index (χ3v) is 3.38. The first kappa shape index (κ1) is 15.2. The molecule has 0 aromatic carbocycles. The van der Waals surface area contributed by atoms with Gasteiger partial charge in [-0.15, -0.1) is 0 Å². The molecule has 1 aromatic heterocycles. The molecule has 0 radical (unpaired) electrons. The highest BCUT2D eigenvalue weighted by Gasteiger charge is 2.18. The summed E-state index contributed by atoms with van der Waals surface area (Å²) in [5.41, 5.74) is 2.45. The van der Waals surface area contributed by atoms with Crippen LogP contribution in [0.5, 0.6) is 0 Å². The number of hydrogen-bond acceptors (Lipinski definition) is 8. The predicted molar refractivity (Wildman–Crippen MR) is 81.0 cm³/mol. The Kier molecular flexibility index (Phi) is 5.09. The minimum Gasteiger partial charge on any atom is -0.358 e. The maximum atomic E-state index is 11.5. The highest BCUT2D eigenvalue weighted by Crippen LogP contribution is 2.19. The van der Waals surface area contributed by atoms with Gasteiger partial charge in [-0.25, -0.2) is 5.84 Å². The van der Waals surface area contributed by atoms with Gasteiger partial charge in [-0.1, -0.05) is 0 Å². The fraction of sp³-hybridized carbons (Fsp3) is 0.667. The molecule has 1 aromatic rings. The van der Waals surface area contributed by atoms with Crippen LogP contribution in [0.25, 0.3) is 0 Å². The first-order valence-electron chi connectivity index (χ1n) is 7.03. The lowest BCUT2D eigenvalue weighted by Crippen LogP contribution is -2.35. The zero-order valence-corrected chi connectivity index (χ0v) is 12.5. The molecular formula is C12H22N8O. The normalized spacial score (nSPS) is 14.7. The van der Waals surface area contributed by atoms with Gasteiger partial charge in [-0.2, -0.15) is 15.0 Å². The second-order valence-corrected chi connectivity index (χ2v) is 4.98. The molecular weight excluding hydrogens is 272 g/mol. The van der Waals surface area contributed by atoms with Crippen molar-refractivity contribution in [2.45, 2.75) is 19.3 Å². The van der Waals surface area contributed by atoms with Crippen LogP contribution in [0, 0.1) is 0 Å². The Hall–Kier alpha value is -2.16. The summed E-state index contributed by atoms with van der Waals surface area (Å²) >= 11 is 0. The number of carbonyl (C=O) groups excluding carboxylic acids is 1. The minimum absolute atomic E-state index is 0.111. The number of hydrogen-bond donors (Lipinski definition) is 3. The van der Waals surface area contributed by atoms with Gasteiger partial charge in [0.2, 0.25) is 23.8 Å². The van der Waals surface area contributed by atoms with E-state index in [1.165, 1.54) is 6.42 Å². The molecule has 2 heterocycles. The molecule has 4 N–H and O–H groups in total. The van der Waals surface area contributed by atoms with E-state index >= 15 is 0 Å². The number of likely N-dealkylation sites (N-methyl/N-ethyl adjacent to an activating group) is 2. The Bertz CT molecular complexity index is 488. The van der Waals surface area contributed by atoms with E-state index in [1.54, 1.807) is 19.0 Å². The molecule has 1 saturated heterocycles. The number of nitrogens with one attached hydrogen (secondary N) is 2. The van der Waals surface area contributed by atoms with Gasteiger partial charge >= 0.3 is 0 Å². The molecule has 1 fully saturated rings. The highest BCUT2D eigenvalue weighted by molar-refractivity contribution is 5.80. The van der Waals surface area contributed by atoms with Crippen LogP contribution in [-0.2, 0) is 4.79 Å². The summed E-state index contributed by atoms with van der Waals surface area (Å²) in [7, 11) is 3.35. The Balaban J connectivity index is 2.22. The number of carbonyl (C=O) groups is 1. The molecule has 0 spiro atoms. The lowest BCUT2D eigenvalue weighted by Gasteiger charge is -2.27. The van der Waals surface area contributed by atoms with Crippen molar-refractivity contribution in [2.24, 2.45) is 5.84 Å². The number of nitrogens with two attached hydrogens (primary N) is 1. The van der Waals surface area contributed by atoms with Gasteiger partial charge in [0.05, 0.1) is 6.54 Å². The van der Waals surface area contributed by atoms with Crippen molar-refractivity contribution in [1.82, 2.24) is 20.3 Å². The van der Waals surface area contributed by atoms with E-state index < -0.39 is 0 Å². The van der Waals surface area contributed by atoms with Gasteiger partial charge in [0.25, 0.3) is 0 Å². The molecule has 0 unspecified atom stereocenters. The van der Waals surface area contributed by atoms with Crippen molar-refractivity contribution in [3.8, 4) is 0 Å². The number of rotatable bonds is 5. The molecule has 0 aliphatic carbocycles. The second kappa shape index (κ2) is 7.02. The van der Waals surface area contributed by atoms with E-state index in [1.807, 2.05) is 0 Å². The summed E-state index contributed by atoms with van der Waals surface area (Å²) in [5, 5.41) is 2.57. The number of hydrazine groups is 1. The lowest BCUT2D eigenvalue weighted by molar-refractivity contribution is -0.119. The first-order chi connectivity index (χ1) is 10.1. The number of nitrogen functional groups attached to an aromatic ring is 1. The molecule has 1 aliphatic rings. The summed E-state index contributed by atoms with van der Waals surface area (Å²) < 4.78 is 0. The average Bonchev–Trinajstić information content (AvgIpc) is 2.54. The molecule has 116 valence electrons. The van der Waals surface area contributed by atoms with Gasteiger partial charge in [0, 0.05) is 27.2 Å². The zero-order chi connectivity index (χ0) is 15.2. The van der Waals surface area contributed by atoms with Crippen LogP contribution in [0.3, 0.4) is 0 Å². The topological polar surface area (TPSA) is 112 Å². The number of aromatic nitrogens is 3. The van der Waals surface area contributed by atoms with Gasteiger partial charge in [0.1, 0.15) is 0 Å². The van der Waals surface area contributed by atoms with Crippen molar-refractivity contribution in [2.75, 3.05) is 49.0 Å². The van der Waals surface area contributed by atoms with E-state index in [2.05, 4.69) is 30.6 Å². The number of piperidine rings is 1. The largest absolute Gasteiger partial charge is 0.358 e. The third kappa shape index (κ3) is 3.91. The smallest absolute Gasteiger partial charge is 0.243 e. The van der Waals surface area contributed by atoms with Crippen molar-refractivity contribution < 1.29 is 4.79 Å². The summed E-state index contributed by atoms with van der Waals surface area (Å²) in [6.07, 6.45) is 3.48. The van der Waals surface area contributed by atoms with Crippen molar-refractivity contribution in [1.29, 1.82) is 0 Å². The molecule has 21 heavy (non-hydrogen) atoms. The van der Waals surface area contributed by atoms with Crippen LogP contribution < -0.4 is 26.4 Å². The Labute approximate surface area is 123 Å². The Morgan fingerprint density at radius 2 is 2.00 bits per heavy atom. The monoisotopic (exact) mass is 294 g/mol. The Morgan fingerprint density at radius 1 is 1.29 bits per heavy atom. The maximum absolute atomic E-state index is 11.5. The zero-order valence-electron chi connectivity index (χ0n) is 12.5. The lowest BCUT2D eigenvalue weighted by atomic mass is 10.1. The van der Waals surface area contributed by atoms with Crippen molar-refractivity contribution >= 4 is 23.8 Å². The van der Waals surface area contributed by atoms with Crippen LogP contribution in [0.4, 0.5) is 17.8 Å². The molecule has 0 saturated carbocycles. The third-order valence-electron chi connectivity index (χ3n) is 3.38. The van der Waals surface area contributed by atoms with Crippen LogP contribution in [-0.4, -0.2) is 54.6 Å². The standard InChI is InChI=1S/C12H22N8O/c1-14-9(21)8-19(2)11-15-10(18-13)16-12(17-11)20-6-4-3-5-7-20/h3-8,13H2,1-2H3,(H,14,21)(H,15,16,17,18). The van der Waals surface area contributed by atoms with E-state index in [-0.39, 0.29) is 12.5 Å². The minimum atomic E-state index is -0.111.